The van der Waals surface area contributed by atoms with Crippen molar-refractivity contribution in [1.29, 1.82) is 0 Å². The van der Waals surface area contributed by atoms with Gasteiger partial charge in [-0.25, -0.2) is 14.8 Å². The zero-order chi connectivity index (χ0) is 20.3. The van der Waals surface area contributed by atoms with Crippen molar-refractivity contribution in [3.63, 3.8) is 0 Å². The summed E-state index contributed by atoms with van der Waals surface area (Å²) < 4.78 is 2.64. The van der Waals surface area contributed by atoms with Gasteiger partial charge in [-0.2, -0.15) is 0 Å². The van der Waals surface area contributed by atoms with Crippen LogP contribution in [-0.4, -0.2) is 49.4 Å². The summed E-state index contributed by atoms with van der Waals surface area (Å²) in [6.07, 6.45) is 5.79. The minimum absolute atomic E-state index is 0.307. The maximum atomic E-state index is 12.9. The molecule has 3 rings (SSSR count). The smallest absolute Gasteiger partial charge is 0.303 e. The Morgan fingerprint density at radius 2 is 1.71 bits per heavy atom. The highest BCUT2D eigenvalue weighted by Crippen LogP contribution is 2.33. The molecule has 0 N–H and O–H groups in total. The second kappa shape index (κ2) is 9.22. The SMILES string of the molecule is CCN(CC)CCSc1nc(C2CCCCC2)nc2c1c(=O)n(C)c(=O)n2C. The van der Waals surface area contributed by atoms with E-state index in [1.165, 1.54) is 30.9 Å². The highest BCUT2D eigenvalue weighted by Gasteiger charge is 2.23. The summed E-state index contributed by atoms with van der Waals surface area (Å²) in [5.74, 6) is 1.96. The van der Waals surface area contributed by atoms with Gasteiger partial charge in [-0.1, -0.05) is 33.1 Å². The molecule has 1 saturated carbocycles. The Morgan fingerprint density at radius 3 is 2.36 bits per heavy atom. The van der Waals surface area contributed by atoms with Gasteiger partial charge in [0.1, 0.15) is 16.2 Å². The number of aromatic nitrogens is 4. The van der Waals surface area contributed by atoms with Gasteiger partial charge in [0.15, 0.2) is 5.65 Å². The molecule has 0 amide bonds. The highest BCUT2D eigenvalue weighted by molar-refractivity contribution is 7.99. The van der Waals surface area contributed by atoms with E-state index in [0.717, 1.165) is 48.6 Å². The van der Waals surface area contributed by atoms with E-state index < -0.39 is 0 Å². The third-order valence-electron chi connectivity index (χ3n) is 5.80. The van der Waals surface area contributed by atoms with Gasteiger partial charge in [0.25, 0.3) is 5.56 Å². The maximum Gasteiger partial charge on any atom is 0.332 e. The van der Waals surface area contributed by atoms with E-state index in [4.69, 9.17) is 9.97 Å². The maximum absolute atomic E-state index is 12.9. The van der Waals surface area contributed by atoms with Crippen LogP contribution < -0.4 is 11.2 Å². The highest BCUT2D eigenvalue weighted by atomic mass is 32.2. The van der Waals surface area contributed by atoms with E-state index in [0.29, 0.717) is 22.0 Å². The zero-order valence-electron chi connectivity index (χ0n) is 17.4. The molecule has 28 heavy (non-hydrogen) atoms. The Balaban J connectivity index is 2.07. The third-order valence-corrected chi connectivity index (χ3v) is 6.75. The molecule has 1 aliphatic rings. The number of hydrogen-bond donors (Lipinski definition) is 0. The molecule has 1 aliphatic carbocycles. The molecule has 0 saturated heterocycles. The average Bonchev–Trinajstić information content (AvgIpc) is 2.73. The van der Waals surface area contributed by atoms with Crippen LogP contribution in [0.2, 0.25) is 0 Å². The Kier molecular flexibility index (Phi) is 6.93. The van der Waals surface area contributed by atoms with Crippen LogP contribution >= 0.6 is 11.8 Å². The van der Waals surface area contributed by atoms with Crippen LogP contribution in [0.3, 0.4) is 0 Å². The van der Waals surface area contributed by atoms with Crippen molar-refractivity contribution in [2.75, 3.05) is 25.4 Å². The molecular weight excluding hydrogens is 374 g/mol. The Bertz CT molecular complexity index is 942. The normalized spacial score (nSPS) is 15.6. The fourth-order valence-electron chi connectivity index (χ4n) is 3.90. The van der Waals surface area contributed by atoms with E-state index in [-0.39, 0.29) is 11.2 Å². The molecule has 8 heteroatoms. The Hall–Kier alpha value is -1.67. The lowest BCUT2D eigenvalue weighted by Gasteiger charge is -2.22. The predicted octanol–water partition coefficient (Wildman–Crippen LogP) is 2.51. The lowest BCUT2D eigenvalue weighted by Crippen LogP contribution is -2.38. The molecule has 0 spiro atoms. The van der Waals surface area contributed by atoms with Gasteiger partial charge in [-0.05, 0) is 25.9 Å². The second-order valence-corrected chi connectivity index (χ2v) is 8.59. The molecule has 0 aliphatic heterocycles. The second-order valence-electron chi connectivity index (χ2n) is 7.50. The lowest BCUT2D eigenvalue weighted by atomic mass is 9.89. The molecule has 0 aromatic carbocycles. The van der Waals surface area contributed by atoms with Crippen LogP contribution in [0.25, 0.3) is 11.0 Å². The number of rotatable bonds is 7. The van der Waals surface area contributed by atoms with Gasteiger partial charge >= 0.3 is 5.69 Å². The Labute approximate surface area is 170 Å². The summed E-state index contributed by atoms with van der Waals surface area (Å²) in [7, 11) is 3.20. The molecule has 2 aromatic rings. The minimum Gasteiger partial charge on any atom is -0.303 e. The number of hydrogen-bond acceptors (Lipinski definition) is 6. The summed E-state index contributed by atoms with van der Waals surface area (Å²) >= 11 is 1.60. The summed E-state index contributed by atoms with van der Waals surface area (Å²) in [5.41, 5.74) is -0.183. The van der Waals surface area contributed by atoms with E-state index in [2.05, 4.69) is 18.7 Å². The van der Waals surface area contributed by atoms with Crippen LogP contribution in [-0.2, 0) is 14.1 Å². The summed E-state index contributed by atoms with van der Waals surface area (Å²) in [5, 5.41) is 1.18. The van der Waals surface area contributed by atoms with Gasteiger partial charge < -0.3 is 4.90 Å². The van der Waals surface area contributed by atoms with Crippen molar-refractivity contribution in [3.05, 3.63) is 26.7 Å². The van der Waals surface area contributed by atoms with Crippen LogP contribution in [0.15, 0.2) is 14.6 Å². The van der Waals surface area contributed by atoms with Gasteiger partial charge in [-0.15, -0.1) is 11.8 Å². The van der Waals surface area contributed by atoms with Gasteiger partial charge in [0, 0.05) is 32.3 Å². The summed E-state index contributed by atoms with van der Waals surface area (Å²) in [4.78, 5) is 37.2. The average molecular weight is 406 g/mol. The van der Waals surface area contributed by atoms with Crippen LogP contribution in [0.1, 0.15) is 57.7 Å². The van der Waals surface area contributed by atoms with E-state index in [9.17, 15) is 9.59 Å². The molecule has 0 bridgehead atoms. The molecule has 2 aromatic heterocycles. The molecule has 0 unspecified atom stereocenters. The first-order chi connectivity index (χ1) is 13.5. The first-order valence-corrected chi connectivity index (χ1v) is 11.3. The Morgan fingerprint density at radius 1 is 1.04 bits per heavy atom. The minimum atomic E-state index is -0.343. The first kappa shape index (κ1) is 21.0. The fourth-order valence-corrected chi connectivity index (χ4v) is 4.93. The van der Waals surface area contributed by atoms with Crippen molar-refractivity contribution in [2.45, 2.75) is 56.9 Å². The predicted molar refractivity (Wildman–Crippen MR) is 114 cm³/mol. The van der Waals surface area contributed by atoms with Crippen molar-refractivity contribution >= 4 is 22.8 Å². The largest absolute Gasteiger partial charge is 0.332 e. The quantitative estimate of drug-likeness (QED) is 0.521. The van der Waals surface area contributed by atoms with Crippen LogP contribution in [0, 0.1) is 0 Å². The number of nitrogens with zero attached hydrogens (tertiary/aromatic N) is 5. The number of thioether (sulfide) groups is 1. The van der Waals surface area contributed by atoms with E-state index in [1.807, 2.05) is 0 Å². The van der Waals surface area contributed by atoms with Crippen LogP contribution in [0.4, 0.5) is 0 Å². The summed E-state index contributed by atoms with van der Waals surface area (Å²) in [6, 6.07) is 0. The monoisotopic (exact) mass is 405 g/mol. The molecule has 2 heterocycles. The lowest BCUT2D eigenvalue weighted by molar-refractivity contribution is 0.324. The molecule has 154 valence electrons. The molecule has 0 atom stereocenters. The topological polar surface area (TPSA) is 73.0 Å². The number of fused-ring (bicyclic) bond motifs is 1. The van der Waals surface area contributed by atoms with Gasteiger partial charge in [-0.3, -0.25) is 13.9 Å². The molecule has 7 nitrogen and oxygen atoms in total. The number of aryl methyl sites for hydroxylation is 1. The van der Waals surface area contributed by atoms with Crippen molar-refractivity contribution < 1.29 is 0 Å². The van der Waals surface area contributed by atoms with E-state index in [1.54, 1.807) is 18.8 Å². The van der Waals surface area contributed by atoms with E-state index >= 15 is 0 Å². The van der Waals surface area contributed by atoms with Gasteiger partial charge in [0.2, 0.25) is 0 Å². The molecule has 1 fully saturated rings. The summed E-state index contributed by atoms with van der Waals surface area (Å²) in [6.45, 7) is 7.26. The van der Waals surface area contributed by atoms with Crippen molar-refractivity contribution in [1.82, 2.24) is 24.0 Å². The van der Waals surface area contributed by atoms with Gasteiger partial charge in [0.05, 0.1) is 0 Å². The third kappa shape index (κ3) is 4.17. The molecular formula is C20H31N5O2S. The molecule has 0 radical (unpaired) electrons. The first-order valence-electron chi connectivity index (χ1n) is 10.3. The zero-order valence-corrected chi connectivity index (χ0v) is 18.2. The van der Waals surface area contributed by atoms with Crippen molar-refractivity contribution in [3.8, 4) is 0 Å². The van der Waals surface area contributed by atoms with Crippen molar-refractivity contribution in [2.24, 2.45) is 14.1 Å². The van der Waals surface area contributed by atoms with Crippen LogP contribution in [0.5, 0.6) is 0 Å². The standard InChI is InChI=1S/C20H31N5O2S/c1-5-25(6-2)12-13-28-18-15-17(23(3)20(27)24(4)19(15)26)21-16(22-18)14-10-8-7-9-11-14/h14H,5-13H2,1-4H3. The fraction of sp³-hybridized carbons (Fsp3) is 0.700.